The van der Waals surface area contributed by atoms with Crippen LogP contribution in [0, 0.1) is 11.7 Å². The number of amides is 1. The van der Waals surface area contributed by atoms with Gasteiger partial charge >= 0.3 is 0 Å². The van der Waals surface area contributed by atoms with Crippen molar-refractivity contribution in [3.63, 3.8) is 0 Å². The van der Waals surface area contributed by atoms with Crippen LogP contribution >= 0.6 is 15.9 Å². The number of pyridine rings is 1. The van der Waals surface area contributed by atoms with Crippen molar-refractivity contribution in [2.45, 2.75) is 13.3 Å². The molecule has 6 heteroatoms. The molecule has 1 heterocycles. The molecule has 0 spiro atoms. The van der Waals surface area contributed by atoms with Gasteiger partial charge in [-0.1, -0.05) is 6.92 Å². The van der Waals surface area contributed by atoms with E-state index in [0.29, 0.717) is 17.6 Å². The maximum atomic E-state index is 13.3. The van der Waals surface area contributed by atoms with Crippen molar-refractivity contribution in [3.05, 3.63) is 28.2 Å². The molecule has 94 valence electrons. The largest absolute Gasteiger partial charge is 0.396 e. The van der Waals surface area contributed by atoms with Gasteiger partial charge in [0.05, 0.1) is 11.8 Å². The van der Waals surface area contributed by atoms with E-state index in [0.717, 1.165) is 6.20 Å². The smallest absolute Gasteiger partial charge is 0.254 e. The quantitative estimate of drug-likeness (QED) is 0.815. The summed E-state index contributed by atoms with van der Waals surface area (Å²) in [6, 6.07) is 1.33. The summed E-state index contributed by atoms with van der Waals surface area (Å²) in [4.78, 5) is 15.3. The standard InChI is InChI=1S/C11H14BrFN2O2/c1-7(2-3-16)5-15-11(17)8-4-10(12)14-6-9(8)13/h4,6-7,16H,2-3,5H2,1H3,(H,15,17). The molecule has 0 aliphatic carbocycles. The molecule has 0 saturated heterocycles. The number of hydrogen-bond acceptors (Lipinski definition) is 3. The highest BCUT2D eigenvalue weighted by atomic mass is 79.9. The lowest BCUT2D eigenvalue weighted by molar-refractivity contribution is 0.0941. The Kier molecular flexibility index (Phi) is 5.50. The molecule has 1 atom stereocenters. The highest BCUT2D eigenvalue weighted by Crippen LogP contribution is 2.12. The number of carbonyl (C=O) groups excluding carboxylic acids is 1. The van der Waals surface area contributed by atoms with Gasteiger partial charge in [0, 0.05) is 13.2 Å². The third kappa shape index (κ3) is 4.40. The van der Waals surface area contributed by atoms with Crippen LogP contribution < -0.4 is 5.32 Å². The number of rotatable bonds is 5. The summed E-state index contributed by atoms with van der Waals surface area (Å²) in [7, 11) is 0. The first-order valence-electron chi connectivity index (χ1n) is 5.24. The number of nitrogens with zero attached hydrogens (tertiary/aromatic N) is 1. The minimum absolute atomic E-state index is 0.0388. The Labute approximate surface area is 107 Å². The van der Waals surface area contributed by atoms with E-state index in [1.54, 1.807) is 0 Å². The van der Waals surface area contributed by atoms with Gasteiger partial charge in [-0.25, -0.2) is 9.37 Å². The lowest BCUT2D eigenvalue weighted by atomic mass is 10.1. The minimum Gasteiger partial charge on any atom is -0.396 e. The molecule has 0 bridgehead atoms. The molecule has 1 aromatic rings. The molecule has 0 saturated carbocycles. The fraction of sp³-hybridized carbons (Fsp3) is 0.455. The second kappa shape index (κ2) is 6.66. The van der Waals surface area contributed by atoms with Gasteiger partial charge in [-0.2, -0.15) is 0 Å². The van der Waals surface area contributed by atoms with Crippen molar-refractivity contribution in [2.75, 3.05) is 13.2 Å². The van der Waals surface area contributed by atoms with Crippen LogP contribution in [0.25, 0.3) is 0 Å². The van der Waals surface area contributed by atoms with E-state index in [-0.39, 0.29) is 18.1 Å². The predicted octanol–water partition coefficient (Wildman–Crippen LogP) is 1.73. The molecule has 1 rings (SSSR count). The van der Waals surface area contributed by atoms with Crippen molar-refractivity contribution in [3.8, 4) is 0 Å². The van der Waals surface area contributed by atoms with Gasteiger partial charge < -0.3 is 10.4 Å². The van der Waals surface area contributed by atoms with E-state index in [9.17, 15) is 9.18 Å². The molecular formula is C11H14BrFN2O2. The second-order valence-corrected chi connectivity index (χ2v) is 4.63. The summed E-state index contributed by atoms with van der Waals surface area (Å²) in [6.07, 6.45) is 1.60. The van der Waals surface area contributed by atoms with E-state index < -0.39 is 11.7 Å². The number of aliphatic hydroxyl groups is 1. The van der Waals surface area contributed by atoms with Crippen LogP contribution in [0.3, 0.4) is 0 Å². The fourth-order valence-corrected chi connectivity index (χ4v) is 1.60. The van der Waals surface area contributed by atoms with Crippen LogP contribution in [0.2, 0.25) is 0 Å². The van der Waals surface area contributed by atoms with E-state index in [1.165, 1.54) is 6.07 Å². The maximum absolute atomic E-state index is 13.3. The molecule has 0 aromatic carbocycles. The summed E-state index contributed by atoms with van der Waals surface area (Å²) in [5.74, 6) is -0.979. The monoisotopic (exact) mass is 304 g/mol. The second-order valence-electron chi connectivity index (χ2n) is 3.81. The van der Waals surface area contributed by atoms with E-state index in [1.807, 2.05) is 6.92 Å². The molecule has 1 aromatic heterocycles. The highest BCUT2D eigenvalue weighted by Gasteiger charge is 2.13. The zero-order chi connectivity index (χ0) is 12.8. The third-order valence-corrected chi connectivity index (χ3v) is 2.73. The van der Waals surface area contributed by atoms with Gasteiger partial charge in [-0.05, 0) is 34.3 Å². The Balaban J connectivity index is 2.61. The number of aromatic nitrogens is 1. The molecule has 1 unspecified atom stereocenters. The lowest BCUT2D eigenvalue weighted by Crippen LogP contribution is -2.29. The topological polar surface area (TPSA) is 62.2 Å². The minimum atomic E-state index is -0.652. The average Bonchev–Trinajstić information content (AvgIpc) is 2.29. The zero-order valence-electron chi connectivity index (χ0n) is 9.41. The molecule has 0 aliphatic heterocycles. The van der Waals surface area contributed by atoms with Gasteiger partial charge in [-0.15, -0.1) is 0 Å². The molecule has 0 fully saturated rings. The molecule has 0 radical (unpaired) electrons. The molecule has 4 nitrogen and oxygen atoms in total. The molecule has 17 heavy (non-hydrogen) atoms. The Bertz CT molecular complexity index is 401. The first-order valence-corrected chi connectivity index (χ1v) is 6.04. The molecule has 0 aliphatic rings. The molecule has 1 amide bonds. The summed E-state index contributed by atoms with van der Waals surface area (Å²) in [5, 5.41) is 11.3. The van der Waals surface area contributed by atoms with Crippen LogP contribution in [-0.2, 0) is 0 Å². The normalized spacial score (nSPS) is 12.2. The van der Waals surface area contributed by atoms with Gasteiger partial charge in [0.2, 0.25) is 0 Å². The first-order chi connectivity index (χ1) is 8.04. The Morgan fingerprint density at radius 2 is 2.41 bits per heavy atom. The highest BCUT2D eigenvalue weighted by molar-refractivity contribution is 9.10. The summed E-state index contributed by atoms with van der Waals surface area (Å²) in [5.41, 5.74) is -0.0388. The predicted molar refractivity (Wildman–Crippen MR) is 65.1 cm³/mol. The Morgan fingerprint density at radius 1 is 1.71 bits per heavy atom. The van der Waals surface area contributed by atoms with Crippen molar-refractivity contribution >= 4 is 21.8 Å². The fourth-order valence-electron chi connectivity index (χ4n) is 1.27. The SMILES string of the molecule is CC(CCO)CNC(=O)c1cc(Br)ncc1F. The van der Waals surface area contributed by atoms with Crippen molar-refractivity contribution in [1.82, 2.24) is 10.3 Å². The number of nitrogens with one attached hydrogen (secondary N) is 1. The van der Waals surface area contributed by atoms with Gasteiger partial charge in [0.1, 0.15) is 4.60 Å². The number of hydrogen-bond donors (Lipinski definition) is 2. The van der Waals surface area contributed by atoms with Crippen LogP contribution in [-0.4, -0.2) is 29.1 Å². The van der Waals surface area contributed by atoms with Crippen molar-refractivity contribution in [1.29, 1.82) is 0 Å². The Hall–Kier alpha value is -1.01. The maximum Gasteiger partial charge on any atom is 0.254 e. The van der Waals surface area contributed by atoms with Gasteiger partial charge in [0.25, 0.3) is 5.91 Å². The van der Waals surface area contributed by atoms with Gasteiger partial charge in [0.15, 0.2) is 5.82 Å². The van der Waals surface area contributed by atoms with E-state index in [4.69, 9.17) is 5.11 Å². The summed E-state index contributed by atoms with van der Waals surface area (Å²) >= 11 is 3.08. The van der Waals surface area contributed by atoms with Crippen LogP contribution in [0.5, 0.6) is 0 Å². The number of carbonyl (C=O) groups is 1. The van der Waals surface area contributed by atoms with E-state index in [2.05, 4.69) is 26.2 Å². The van der Waals surface area contributed by atoms with Crippen LogP contribution in [0.4, 0.5) is 4.39 Å². The van der Waals surface area contributed by atoms with E-state index >= 15 is 0 Å². The number of halogens is 2. The van der Waals surface area contributed by atoms with Crippen LogP contribution in [0.15, 0.2) is 16.9 Å². The Morgan fingerprint density at radius 3 is 3.06 bits per heavy atom. The summed E-state index contributed by atoms with van der Waals surface area (Å²) < 4.78 is 13.7. The van der Waals surface area contributed by atoms with Crippen molar-refractivity contribution < 1.29 is 14.3 Å². The van der Waals surface area contributed by atoms with Gasteiger partial charge in [-0.3, -0.25) is 4.79 Å². The molecule has 2 N–H and O–H groups in total. The lowest BCUT2D eigenvalue weighted by Gasteiger charge is -2.11. The third-order valence-electron chi connectivity index (χ3n) is 2.30. The average molecular weight is 305 g/mol. The van der Waals surface area contributed by atoms with Crippen LogP contribution in [0.1, 0.15) is 23.7 Å². The summed E-state index contributed by atoms with van der Waals surface area (Å²) in [6.45, 7) is 2.38. The number of aliphatic hydroxyl groups excluding tert-OH is 1. The molecular weight excluding hydrogens is 291 g/mol. The zero-order valence-corrected chi connectivity index (χ0v) is 11.0. The van der Waals surface area contributed by atoms with Crippen molar-refractivity contribution in [2.24, 2.45) is 5.92 Å². The first kappa shape index (κ1) is 14.1.